The summed E-state index contributed by atoms with van der Waals surface area (Å²) in [6.45, 7) is 6.78. The topological polar surface area (TPSA) is 70.2 Å². The van der Waals surface area contributed by atoms with Gasteiger partial charge in [-0.15, -0.1) is 0 Å². The molecule has 5 heteroatoms. The van der Waals surface area contributed by atoms with E-state index in [1.807, 2.05) is 6.92 Å². The Morgan fingerprint density at radius 1 is 1.00 bits per heavy atom. The minimum Gasteiger partial charge on any atom is -0.355 e. The SMILES string of the molecule is CCC(=O)NCCNCCNCC(C)=O. The van der Waals surface area contributed by atoms with E-state index in [4.69, 9.17) is 0 Å². The Balaban J connectivity index is 3.05. The van der Waals surface area contributed by atoms with Crippen molar-refractivity contribution in [2.75, 3.05) is 32.7 Å². The predicted octanol–water partition coefficient (Wildman–Crippen LogP) is -0.719. The maximum Gasteiger partial charge on any atom is 0.219 e. The Labute approximate surface area is 91.0 Å². The summed E-state index contributed by atoms with van der Waals surface area (Å²) >= 11 is 0. The molecule has 0 aromatic heterocycles. The van der Waals surface area contributed by atoms with Crippen LogP contribution in [0.25, 0.3) is 0 Å². The standard InChI is InChI=1S/C10H21N3O2/c1-3-10(15)13-7-6-11-4-5-12-8-9(2)14/h11-12H,3-8H2,1-2H3,(H,13,15). The van der Waals surface area contributed by atoms with Crippen molar-refractivity contribution in [1.82, 2.24) is 16.0 Å². The number of hydrogen-bond donors (Lipinski definition) is 3. The van der Waals surface area contributed by atoms with Crippen LogP contribution in [0.3, 0.4) is 0 Å². The molecule has 5 nitrogen and oxygen atoms in total. The monoisotopic (exact) mass is 215 g/mol. The number of amides is 1. The molecule has 0 aromatic carbocycles. The Morgan fingerprint density at radius 2 is 1.60 bits per heavy atom. The van der Waals surface area contributed by atoms with Crippen molar-refractivity contribution < 1.29 is 9.59 Å². The maximum atomic E-state index is 10.8. The summed E-state index contributed by atoms with van der Waals surface area (Å²) in [7, 11) is 0. The molecule has 0 aromatic rings. The lowest BCUT2D eigenvalue weighted by atomic mass is 10.4. The van der Waals surface area contributed by atoms with Crippen LogP contribution in [-0.4, -0.2) is 44.4 Å². The molecule has 0 atom stereocenters. The van der Waals surface area contributed by atoms with E-state index >= 15 is 0 Å². The van der Waals surface area contributed by atoms with Gasteiger partial charge in [0.1, 0.15) is 5.78 Å². The predicted molar refractivity (Wildman–Crippen MR) is 59.7 cm³/mol. The smallest absolute Gasteiger partial charge is 0.219 e. The third kappa shape index (κ3) is 11.0. The second kappa shape index (κ2) is 9.61. The highest BCUT2D eigenvalue weighted by Crippen LogP contribution is 1.72. The Bertz CT molecular complexity index is 195. The Hall–Kier alpha value is -0.940. The van der Waals surface area contributed by atoms with Gasteiger partial charge in [-0.3, -0.25) is 9.59 Å². The highest BCUT2D eigenvalue weighted by Gasteiger charge is 1.94. The number of ketones is 1. The van der Waals surface area contributed by atoms with Crippen LogP contribution in [0.1, 0.15) is 20.3 Å². The van der Waals surface area contributed by atoms with Crippen LogP contribution >= 0.6 is 0 Å². The molecule has 0 spiro atoms. The van der Waals surface area contributed by atoms with E-state index in [0.29, 0.717) is 19.5 Å². The number of carbonyl (C=O) groups is 2. The summed E-state index contributed by atoms with van der Waals surface area (Å²) in [6, 6.07) is 0. The summed E-state index contributed by atoms with van der Waals surface area (Å²) in [5, 5.41) is 8.91. The van der Waals surface area contributed by atoms with Crippen molar-refractivity contribution in [1.29, 1.82) is 0 Å². The minimum atomic E-state index is 0.0755. The van der Waals surface area contributed by atoms with Gasteiger partial charge in [0.2, 0.25) is 5.91 Å². The molecule has 0 saturated heterocycles. The van der Waals surface area contributed by atoms with Gasteiger partial charge in [0.05, 0.1) is 6.54 Å². The number of nitrogens with one attached hydrogen (secondary N) is 3. The molecule has 0 unspecified atom stereocenters. The van der Waals surface area contributed by atoms with Crippen LogP contribution in [-0.2, 0) is 9.59 Å². The first-order chi connectivity index (χ1) is 7.16. The van der Waals surface area contributed by atoms with Gasteiger partial charge in [-0.1, -0.05) is 6.92 Å². The molecular formula is C10H21N3O2. The highest BCUT2D eigenvalue weighted by molar-refractivity contribution is 5.77. The molecule has 88 valence electrons. The van der Waals surface area contributed by atoms with Crippen molar-refractivity contribution in [3.63, 3.8) is 0 Å². The molecule has 1 amide bonds. The summed E-state index contributed by atoms with van der Waals surface area (Å²) in [4.78, 5) is 21.4. The van der Waals surface area contributed by atoms with Crippen molar-refractivity contribution in [3.8, 4) is 0 Å². The lowest BCUT2D eigenvalue weighted by Gasteiger charge is -2.06. The molecule has 0 heterocycles. The van der Waals surface area contributed by atoms with Crippen molar-refractivity contribution in [2.45, 2.75) is 20.3 Å². The fraction of sp³-hybridized carbons (Fsp3) is 0.800. The quantitative estimate of drug-likeness (QED) is 0.444. The number of rotatable bonds is 9. The highest BCUT2D eigenvalue weighted by atomic mass is 16.1. The van der Waals surface area contributed by atoms with Crippen LogP contribution in [0.2, 0.25) is 0 Å². The lowest BCUT2D eigenvalue weighted by Crippen LogP contribution is -2.35. The van der Waals surface area contributed by atoms with Gasteiger partial charge in [0.25, 0.3) is 0 Å². The molecule has 0 saturated carbocycles. The molecule has 0 aliphatic rings. The van der Waals surface area contributed by atoms with E-state index in [0.717, 1.165) is 19.6 Å². The molecule has 3 N–H and O–H groups in total. The average molecular weight is 215 g/mol. The number of hydrogen-bond acceptors (Lipinski definition) is 4. The maximum absolute atomic E-state index is 10.8. The molecule has 15 heavy (non-hydrogen) atoms. The molecule has 0 rings (SSSR count). The van der Waals surface area contributed by atoms with Gasteiger partial charge >= 0.3 is 0 Å². The largest absolute Gasteiger partial charge is 0.355 e. The van der Waals surface area contributed by atoms with Gasteiger partial charge < -0.3 is 16.0 Å². The van der Waals surface area contributed by atoms with Crippen LogP contribution in [0.15, 0.2) is 0 Å². The summed E-state index contributed by atoms with van der Waals surface area (Å²) < 4.78 is 0. The molecular weight excluding hydrogens is 194 g/mol. The minimum absolute atomic E-state index is 0.0755. The van der Waals surface area contributed by atoms with Crippen LogP contribution in [0.4, 0.5) is 0 Å². The molecule has 0 radical (unpaired) electrons. The zero-order chi connectivity index (χ0) is 11.5. The van der Waals surface area contributed by atoms with Gasteiger partial charge in [-0.25, -0.2) is 0 Å². The van der Waals surface area contributed by atoms with Gasteiger partial charge in [-0.05, 0) is 6.92 Å². The molecule has 0 aliphatic heterocycles. The van der Waals surface area contributed by atoms with E-state index in [2.05, 4.69) is 16.0 Å². The molecule has 0 bridgehead atoms. The van der Waals surface area contributed by atoms with Gasteiger partial charge in [0, 0.05) is 32.6 Å². The zero-order valence-corrected chi connectivity index (χ0v) is 9.56. The van der Waals surface area contributed by atoms with Crippen LogP contribution in [0.5, 0.6) is 0 Å². The average Bonchev–Trinajstić information content (AvgIpc) is 2.21. The van der Waals surface area contributed by atoms with E-state index in [-0.39, 0.29) is 11.7 Å². The summed E-state index contributed by atoms with van der Waals surface area (Å²) in [6.07, 6.45) is 0.528. The fourth-order valence-corrected chi connectivity index (χ4v) is 0.982. The Morgan fingerprint density at radius 3 is 2.20 bits per heavy atom. The summed E-state index contributed by atoms with van der Waals surface area (Å²) in [5.41, 5.74) is 0. The van der Waals surface area contributed by atoms with E-state index in [1.165, 1.54) is 0 Å². The van der Waals surface area contributed by atoms with Gasteiger partial charge in [0.15, 0.2) is 0 Å². The van der Waals surface area contributed by atoms with Gasteiger partial charge in [-0.2, -0.15) is 0 Å². The molecule has 0 aliphatic carbocycles. The normalized spacial score (nSPS) is 10.0. The van der Waals surface area contributed by atoms with Crippen molar-refractivity contribution in [3.05, 3.63) is 0 Å². The number of Topliss-reactive ketones (excluding diaryl/α,β-unsaturated/α-hetero) is 1. The first-order valence-electron chi connectivity index (χ1n) is 5.34. The third-order valence-corrected chi connectivity index (χ3v) is 1.80. The first kappa shape index (κ1) is 14.1. The van der Waals surface area contributed by atoms with E-state index < -0.39 is 0 Å². The van der Waals surface area contributed by atoms with E-state index in [1.54, 1.807) is 6.92 Å². The number of carbonyl (C=O) groups excluding carboxylic acids is 2. The van der Waals surface area contributed by atoms with E-state index in [9.17, 15) is 9.59 Å². The van der Waals surface area contributed by atoms with Crippen molar-refractivity contribution >= 4 is 11.7 Å². The van der Waals surface area contributed by atoms with Crippen molar-refractivity contribution in [2.24, 2.45) is 0 Å². The Kier molecular flexibility index (Phi) is 9.01. The second-order valence-electron chi connectivity index (χ2n) is 3.33. The van der Waals surface area contributed by atoms with Crippen LogP contribution < -0.4 is 16.0 Å². The zero-order valence-electron chi connectivity index (χ0n) is 9.56. The first-order valence-corrected chi connectivity index (χ1v) is 5.34. The second-order valence-corrected chi connectivity index (χ2v) is 3.33. The molecule has 0 fully saturated rings. The lowest BCUT2D eigenvalue weighted by molar-refractivity contribution is -0.120. The third-order valence-electron chi connectivity index (χ3n) is 1.80. The summed E-state index contributed by atoms with van der Waals surface area (Å²) in [5.74, 6) is 0.219. The van der Waals surface area contributed by atoms with Crippen LogP contribution in [0, 0.1) is 0 Å². The fourth-order valence-electron chi connectivity index (χ4n) is 0.982.